The molecule has 0 unspecified atom stereocenters. The predicted octanol–water partition coefficient (Wildman–Crippen LogP) is 1.44. The van der Waals surface area contributed by atoms with Gasteiger partial charge in [-0.1, -0.05) is 13.3 Å². The van der Waals surface area contributed by atoms with Gasteiger partial charge in [0.2, 0.25) is 5.95 Å². The van der Waals surface area contributed by atoms with Gasteiger partial charge in [-0.2, -0.15) is 0 Å². The van der Waals surface area contributed by atoms with Crippen molar-refractivity contribution in [1.29, 1.82) is 0 Å². The number of aliphatic hydroxyl groups excluding tert-OH is 1. The highest BCUT2D eigenvalue weighted by Crippen LogP contribution is 2.38. The van der Waals surface area contributed by atoms with Crippen molar-refractivity contribution in [1.82, 2.24) is 9.97 Å². The molecule has 15 heavy (non-hydrogen) atoms. The van der Waals surface area contributed by atoms with E-state index in [0.29, 0.717) is 5.95 Å². The Bertz CT molecular complexity index is 317. The van der Waals surface area contributed by atoms with Crippen LogP contribution < -0.4 is 5.32 Å². The van der Waals surface area contributed by atoms with E-state index in [4.69, 9.17) is 0 Å². The molecule has 0 bridgehead atoms. The minimum atomic E-state index is -0.0286. The van der Waals surface area contributed by atoms with E-state index in [1.165, 1.54) is 0 Å². The van der Waals surface area contributed by atoms with Crippen molar-refractivity contribution in [2.24, 2.45) is 5.41 Å². The lowest BCUT2D eigenvalue weighted by Crippen LogP contribution is -2.36. The summed E-state index contributed by atoms with van der Waals surface area (Å²) in [6.07, 6.45) is 6.74. The Morgan fingerprint density at radius 3 is 2.93 bits per heavy atom. The zero-order valence-electron chi connectivity index (χ0n) is 8.98. The van der Waals surface area contributed by atoms with Crippen LogP contribution in [0.4, 0.5) is 5.95 Å². The molecule has 4 nitrogen and oxygen atoms in total. The molecule has 82 valence electrons. The van der Waals surface area contributed by atoms with Crippen molar-refractivity contribution in [2.75, 3.05) is 11.9 Å². The number of nitrogens with zero attached hydrogens (tertiary/aromatic N) is 2. The number of hydrogen-bond acceptors (Lipinski definition) is 4. The zero-order chi connectivity index (χ0) is 10.7. The fourth-order valence-corrected chi connectivity index (χ4v) is 2.20. The Morgan fingerprint density at radius 2 is 2.27 bits per heavy atom. The van der Waals surface area contributed by atoms with Crippen LogP contribution in [0.5, 0.6) is 0 Å². The van der Waals surface area contributed by atoms with Crippen LogP contribution in [0.3, 0.4) is 0 Å². The van der Waals surface area contributed by atoms with Gasteiger partial charge in [0.1, 0.15) is 0 Å². The average molecular weight is 207 g/mol. The van der Waals surface area contributed by atoms with Gasteiger partial charge in [-0.05, 0) is 18.9 Å². The lowest BCUT2D eigenvalue weighted by Gasteiger charge is -2.29. The third kappa shape index (κ3) is 2.09. The number of anilines is 1. The molecule has 2 rings (SSSR count). The molecule has 4 heteroatoms. The van der Waals surface area contributed by atoms with Gasteiger partial charge in [-0.25, -0.2) is 9.97 Å². The summed E-state index contributed by atoms with van der Waals surface area (Å²) in [4.78, 5) is 8.28. The van der Waals surface area contributed by atoms with Crippen LogP contribution in [0, 0.1) is 5.41 Å². The molecule has 0 spiro atoms. The van der Waals surface area contributed by atoms with Gasteiger partial charge in [-0.3, -0.25) is 0 Å². The van der Waals surface area contributed by atoms with Gasteiger partial charge in [0, 0.05) is 23.9 Å². The molecule has 2 atom stereocenters. The maximum Gasteiger partial charge on any atom is 0.222 e. The van der Waals surface area contributed by atoms with Gasteiger partial charge in [-0.15, -0.1) is 0 Å². The van der Waals surface area contributed by atoms with Crippen molar-refractivity contribution in [3.05, 3.63) is 18.5 Å². The molecule has 1 fully saturated rings. The maximum atomic E-state index is 9.39. The molecule has 0 amide bonds. The van der Waals surface area contributed by atoms with Gasteiger partial charge in [0.25, 0.3) is 0 Å². The van der Waals surface area contributed by atoms with E-state index in [1.807, 2.05) is 0 Å². The highest BCUT2D eigenvalue weighted by molar-refractivity contribution is 5.26. The topological polar surface area (TPSA) is 58.0 Å². The second-order valence-electron chi connectivity index (χ2n) is 4.47. The molecule has 1 heterocycles. The van der Waals surface area contributed by atoms with E-state index in [1.54, 1.807) is 18.5 Å². The summed E-state index contributed by atoms with van der Waals surface area (Å²) in [5, 5.41) is 12.7. The van der Waals surface area contributed by atoms with Crippen LogP contribution in [-0.2, 0) is 0 Å². The molecule has 1 aromatic rings. The minimum Gasteiger partial charge on any atom is -0.396 e. The Labute approximate surface area is 89.8 Å². The highest BCUT2D eigenvalue weighted by Gasteiger charge is 2.38. The third-order valence-corrected chi connectivity index (χ3v) is 3.31. The molecule has 1 aliphatic carbocycles. The van der Waals surface area contributed by atoms with Crippen LogP contribution in [0.1, 0.15) is 26.2 Å². The minimum absolute atomic E-state index is 0.0286. The first-order chi connectivity index (χ1) is 7.24. The van der Waals surface area contributed by atoms with Crippen molar-refractivity contribution < 1.29 is 5.11 Å². The van der Waals surface area contributed by atoms with E-state index in [-0.39, 0.29) is 18.1 Å². The molecule has 2 N–H and O–H groups in total. The Balaban J connectivity index is 2.06. The number of nitrogens with one attached hydrogen (secondary N) is 1. The molecule has 1 aromatic heterocycles. The van der Waals surface area contributed by atoms with Crippen LogP contribution in [0.2, 0.25) is 0 Å². The molecular weight excluding hydrogens is 190 g/mol. The molecule has 1 aliphatic rings. The largest absolute Gasteiger partial charge is 0.396 e. The van der Waals surface area contributed by atoms with E-state index >= 15 is 0 Å². The number of aromatic nitrogens is 2. The fraction of sp³-hybridized carbons (Fsp3) is 0.636. The lowest BCUT2D eigenvalue weighted by atomic mass is 9.86. The van der Waals surface area contributed by atoms with E-state index in [0.717, 1.165) is 19.3 Å². The Hall–Kier alpha value is -1.16. The van der Waals surface area contributed by atoms with Crippen molar-refractivity contribution >= 4 is 5.95 Å². The average Bonchev–Trinajstić information content (AvgIpc) is 2.63. The SMILES string of the molecule is C[C@@]1(CO)CCC[C@@H]1Nc1ncccn1. The summed E-state index contributed by atoms with van der Waals surface area (Å²) in [6, 6.07) is 2.08. The first kappa shape index (κ1) is 10.4. The van der Waals surface area contributed by atoms with E-state index < -0.39 is 0 Å². The zero-order valence-corrected chi connectivity index (χ0v) is 8.98. The smallest absolute Gasteiger partial charge is 0.222 e. The summed E-state index contributed by atoms with van der Waals surface area (Å²) < 4.78 is 0. The van der Waals surface area contributed by atoms with Gasteiger partial charge < -0.3 is 10.4 Å². The first-order valence-electron chi connectivity index (χ1n) is 5.39. The second-order valence-corrected chi connectivity index (χ2v) is 4.47. The van der Waals surface area contributed by atoms with Crippen LogP contribution in [0.25, 0.3) is 0 Å². The number of aliphatic hydroxyl groups is 1. The van der Waals surface area contributed by atoms with Crippen molar-refractivity contribution in [2.45, 2.75) is 32.2 Å². The van der Waals surface area contributed by atoms with E-state index in [2.05, 4.69) is 22.2 Å². The monoisotopic (exact) mass is 207 g/mol. The quantitative estimate of drug-likeness (QED) is 0.787. The molecule has 0 aliphatic heterocycles. The molecular formula is C11H17N3O. The summed E-state index contributed by atoms with van der Waals surface area (Å²) in [6.45, 7) is 2.33. The molecule has 0 aromatic carbocycles. The van der Waals surface area contributed by atoms with Gasteiger partial charge >= 0.3 is 0 Å². The van der Waals surface area contributed by atoms with Gasteiger partial charge in [0.15, 0.2) is 0 Å². The lowest BCUT2D eigenvalue weighted by molar-refractivity contribution is 0.138. The number of hydrogen-bond donors (Lipinski definition) is 2. The molecule has 0 radical (unpaired) electrons. The van der Waals surface area contributed by atoms with Crippen LogP contribution in [-0.4, -0.2) is 27.7 Å². The maximum absolute atomic E-state index is 9.39. The Kier molecular flexibility index (Phi) is 2.86. The van der Waals surface area contributed by atoms with Crippen molar-refractivity contribution in [3.8, 4) is 0 Å². The summed E-state index contributed by atoms with van der Waals surface area (Å²) in [7, 11) is 0. The van der Waals surface area contributed by atoms with Crippen LogP contribution in [0.15, 0.2) is 18.5 Å². The highest BCUT2D eigenvalue weighted by atomic mass is 16.3. The molecule has 1 saturated carbocycles. The van der Waals surface area contributed by atoms with Crippen LogP contribution >= 0.6 is 0 Å². The third-order valence-electron chi connectivity index (χ3n) is 3.31. The summed E-state index contributed by atoms with van der Waals surface area (Å²) >= 11 is 0. The van der Waals surface area contributed by atoms with E-state index in [9.17, 15) is 5.11 Å². The molecule has 0 saturated heterocycles. The first-order valence-corrected chi connectivity index (χ1v) is 5.39. The second kappa shape index (κ2) is 4.14. The standard InChI is InChI=1S/C11H17N3O/c1-11(8-15)5-2-4-9(11)14-10-12-6-3-7-13-10/h3,6-7,9,15H,2,4-5,8H2,1H3,(H,12,13,14)/t9-,11-/m0/s1. The predicted molar refractivity (Wildman–Crippen MR) is 58.5 cm³/mol. The normalized spacial score (nSPS) is 30.4. The number of rotatable bonds is 3. The van der Waals surface area contributed by atoms with Crippen molar-refractivity contribution in [3.63, 3.8) is 0 Å². The summed E-state index contributed by atoms with van der Waals surface area (Å²) in [5.74, 6) is 0.657. The van der Waals surface area contributed by atoms with Gasteiger partial charge in [0.05, 0.1) is 6.61 Å². The summed E-state index contributed by atoms with van der Waals surface area (Å²) in [5.41, 5.74) is -0.0286. The fourth-order valence-electron chi connectivity index (χ4n) is 2.20. The Morgan fingerprint density at radius 1 is 1.53 bits per heavy atom.